The number of alkyl carbamates (subject to hydrolysis) is 1. The number of ether oxygens (including phenoxy) is 1. The largest absolute Gasteiger partial charge is 0.508 e. The molecule has 0 fully saturated rings. The summed E-state index contributed by atoms with van der Waals surface area (Å²) >= 11 is 0. The number of aromatic hydroxyl groups is 2. The van der Waals surface area contributed by atoms with Gasteiger partial charge in [-0.2, -0.15) is 0 Å². The minimum atomic E-state index is -1.04. The molecule has 4 N–H and O–H groups in total. The van der Waals surface area contributed by atoms with E-state index in [2.05, 4.69) is 24.5 Å². The predicted octanol–water partition coefficient (Wildman–Crippen LogP) is 7.08. The summed E-state index contributed by atoms with van der Waals surface area (Å²) in [6.07, 6.45) is 8.17. The van der Waals surface area contributed by atoms with Crippen LogP contribution in [0.4, 0.5) is 4.79 Å². The van der Waals surface area contributed by atoms with E-state index in [0.29, 0.717) is 30.6 Å². The van der Waals surface area contributed by atoms with Gasteiger partial charge in [0.1, 0.15) is 29.2 Å². The number of phenolic OH excluding ortho intramolecular Hbond substituents is 2. The lowest BCUT2D eigenvalue weighted by atomic mass is 9.98. The zero-order chi connectivity index (χ0) is 33.4. The van der Waals surface area contributed by atoms with Crippen LogP contribution in [-0.2, 0) is 20.7 Å². The Kier molecular flexibility index (Phi) is 15.7. The number of hydrogen-bond donors (Lipinski definition) is 4. The molecule has 45 heavy (non-hydrogen) atoms. The van der Waals surface area contributed by atoms with E-state index in [1.807, 2.05) is 0 Å². The fourth-order valence-electron chi connectivity index (χ4n) is 5.15. The number of unbranched alkanes of at least 4 members (excludes halogenated alkanes) is 7. The topological polar surface area (TPSA) is 128 Å². The van der Waals surface area contributed by atoms with Crippen molar-refractivity contribution >= 4 is 17.9 Å². The first-order chi connectivity index (χ1) is 21.4. The molecule has 2 aromatic carbocycles. The molecule has 0 saturated carbocycles. The van der Waals surface area contributed by atoms with Crippen molar-refractivity contribution in [3.05, 3.63) is 59.2 Å². The van der Waals surface area contributed by atoms with Crippen molar-refractivity contribution in [3.8, 4) is 11.5 Å². The SMILES string of the molecule is CCCCCCCCN(C(=O)C(Cc1ccc(O)cc1)NC(=O)OC(C)(C)C)C(C(=O)NCCCCC)c1ccc(O)c(C)c1. The van der Waals surface area contributed by atoms with Crippen molar-refractivity contribution in [2.24, 2.45) is 0 Å². The highest BCUT2D eigenvalue weighted by molar-refractivity contribution is 5.92. The van der Waals surface area contributed by atoms with Gasteiger partial charge in [-0.1, -0.05) is 77.0 Å². The summed E-state index contributed by atoms with van der Waals surface area (Å²) in [5.41, 5.74) is 1.12. The van der Waals surface area contributed by atoms with Gasteiger partial charge in [0.15, 0.2) is 0 Å². The molecule has 0 aliphatic heterocycles. The lowest BCUT2D eigenvalue weighted by Crippen LogP contribution is -2.54. The van der Waals surface area contributed by atoms with Crippen LogP contribution < -0.4 is 10.6 Å². The third-order valence-electron chi connectivity index (χ3n) is 7.58. The van der Waals surface area contributed by atoms with Crippen molar-refractivity contribution in [1.29, 1.82) is 0 Å². The molecule has 0 bridgehead atoms. The van der Waals surface area contributed by atoms with E-state index in [0.717, 1.165) is 56.9 Å². The van der Waals surface area contributed by atoms with Crippen molar-refractivity contribution in [2.45, 2.75) is 123 Å². The van der Waals surface area contributed by atoms with E-state index < -0.39 is 29.7 Å². The molecule has 0 heterocycles. The maximum absolute atomic E-state index is 14.6. The highest BCUT2D eigenvalue weighted by Gasteiger charge is 2.36. The fraction of sp³-hybridized carbons (Fsp3) is 0.583. The van der Waals surface area contributed by atoms with Crippen LogP contribution in [0.3, 0.4) is 0 Å². The first kappa shape index (κ1) is 37.4. The number of carbonyl (C=O) groups excluding carboxylic acids is 3. The van der Waals surface area contributed by atoms with Crippen LogP contribution in [0.5, 0.6) is 11.5 Å². The number of amides is 3. The molecule has 0 radical (unpaired) electrons. The number of hydrogen-bond acceptors (Lipinski definition) is 6. The summed E-state index contributed by atoms with van der Waals surface area (Å²) < 4.78 is 5.52. The van der Waals surface area contributed by atoms with Crippen LogP contribution >= 0.6 is 0 Å². The van der Waals surface area contributed by atoms with Crippen LogP contribution in [0.15, 0.2) is 42.5 Å². The molecule has 3 amide bonds. The Hall–Kier alpha value is -3.75. The van der Waals surface area contributed by atoms with Gasteiger partial charge in [0, 0.05) is 19.5 Å². The van der Waals surface area contributed by atoms with Crippen LogP contribution in [0.1, 0.15) is 115 Å². The van der Waals surface area contributed by atoms with Gasteiger partial charge in [-0.3, -0.25) is 9.59 Å². The third-order valence-corrected chi connectivity index (χ3v) is 7.58. The first-order valence-electron chi connectivity index (χ1n) is 16.5. The van der Waals surface area contributed by atoms with Gasteiger partial charge in [0.05, 0.1) is 0 Å². The second-order valence-corrected chi connectivity index (χ2v) is 12.8. The maximum atomic E-state index is 14.6. The standard InChI is InChI=1S/C36H55N3O6/c1-7-9-11-12-13-15-23-39(32(33(42)37-22-14-10-8-2)28-18-21-31(41)26(3)24-28)34(43)30(38-35(44)45-36(4,5)6)25-27-16-19-29(40)20-17-27/h16-21,24,30,32,40-41H,7-15,22-23,25H2,1-6H3,(H,37,42)(H,38,44). The minimum Gasteiger partial charge on any atom is -0.508 e. The van der Waals surface area contributed by atoms with Gasteiger partial charge >= 0.3 is 6.09 Å². The van der Waals surface area contributed by atoms with Gasteiger partial charge in [0.2, 0.25) is 11.8 Å². The lowest BCUT2D eigenvalue weighted by Gasteiger charge is -2.35. The molecular formula is C36H55N3O6. The quantitative estimate of drug-likeness (QED) is 0.131. The number of nitrogens with zero attached hydrogens (tertiary/aromatic N) is 1. The second-order valence-electron chi connectivity index (χ2n) is 12.8. The Balaban J connectivity index is 2.54. The van der Waals surface area contributed by atoms with Crippen molar-refractivity contribution in [1.82, 2.24) is 15.5 Å². The smallest absolute Gasteiger partial charge is 0.408 e. The Morgan fingerprint density at radius 2 is 1.49 bits per heavy atom. The average Bonchev–Trinajstić information content (AvgIpc) is 2.97. The summed E-state index contributed by atoms with van der Waals surface area (Å²) in [5.74, 6) is -0.529. The van der Waals surface area contributed by atoms with Crippen molar-refractivity contribution in [2.75, 3.05) is 13.1 Å². The molecule has 0 aromatic heterocycles. The number of phenols is 2. The molecular weight excluding hydrogens is 570 g/mol. The van der Waals surface area contributed by atoms with E-state index in [4.69, 9.17) is 4.74 Å². The summed E-state index contributed by atoms with van der Waals surface area (Å²) in [5, 5.41) is 25.9. The number of carbonyl (C=O) groups is 3. The van der Waals surface area contributed by atoms with Crippen LogP contribution in [0, 0.1) is 6.92 Å². The van der Waals surface area contributed by atoms with E-state index in [1.165, 1.54) is 12.1 Å². The second kappa shape index (κ2) is 18.9. The lowest BCUT2D eigenvalue weighted by molar-refractivity contribution is -0.142. The summed E-state index contributed by atoms with van der Waals surface area (Å²) in [6.45, 7) is 12.0. The molecule has 9 heteroatoms. The normalized spacial score (nSPS) is 12.7. The summed E-state index contributed by atoms with van der Waals surface area (Å²) in [7, 11) is 0. The average molecular weight is 626 g/mol. The molecule has 250 valence electrons. The molecule has 2 aromatic rings. The summed E-state index contributed by atoms with van der Waals surface area (Å²) in [4.78, 5) is 43.1. The molecule has 0 aliphatic rings. The molecule has 2 unspecified atom stereocenters. The zero-order valence-electron chi connectivity index (χ0n) is 28.2. The van der Waals surface area contributed by atoms with Crippen LogP contribution in [0.2, 0.25) is 0 Å². The number of aryl methyl sites for hydroxylation is 1. The van der Waals surface area contributed by atoms with E-state index >= 15 is 0 Å². The molecule has 0 saturated heterocycles. The van der Waals surface area contributed by atoms with Crippen LogP contribution in [-0.4, -0.2) is 57.8 Å². The van der Waals surface area contributed by atoms with E-state index in [1.54, 1.807) is 62.9 Å². The van der Waals surface area contributed by atoms with Gasteiger partial charge in [-0.15, -0.1) is 0 Å². The summed E-state index contributed by atoms with van der Waals surface area (Å²) in [6, 6.07) is 9.41. The number of benzene rings is 2. The number of nitrogens with one attached hydrogen (secondary N) is 2. The molecule has 2 atom stereocenters. The van der Waals surface area contributed by atoms with E-state index in [-0.39, 0.29) is 23.8 Å². The third kappa shape index (κ3) is 13.4. The molecule has 2 rings (SSSR count). The highest BCUT2D eigenvalue weighted by atomic mass is 16.6. The Morgan fingerprint density at radius 1 is 0.867 bits per heavy atom. The monoisotopic (exact) mass is 625 g/mol. The molecule has 0 aliphatic carbocycles. The maximum Gasteiger partial charge on any atom is 0.408 e. The molecule has 9 nitrogen and oxygen atoms in total. The van der Waals surface area contributed by atoms with Crippen molar-refractivity contribution < 1.29 is 29.3 Å². The van der Waals surface area contributed by atoms with Gasteiger partial charge in [-0.05, 0) is 81.5 Å². The van der Waals surface area contributed by atoms with Crippen molar-refractivity contribution in [3.63, 3.8) is 0 Å². The zero-order valence-corrected chi connectivity index (χ0v) is 28.2. The fourth-order valence-corrected chi connectivity index (χ4v) is 5.15. The number of rotatable bonds is 18. The van der Waals surface area contributed by atoms with E-state index in [9.17, 15) is 24.6 Å². The molecule has 0 spiro atoms. The predicted molar refractivity (Wildman–Crippen MR) is 178 cm³/mol. The van der Waals surface area contributed by atoms with Gasteiger partial charge in [-0.25, -0.2) is 4.79 Å². The Bertz CT molecular complexity index is 1210. The first-order valence-corrected chi connectivity index (χ1v) is 16.5. The highest BCUT2D eigenvalue weighted by Crippen LogP contribution is 2.28. The minimum absolute atomic E-state index is 0.0916. The van der Waals surface area contributed by atoms with Gasteiger partial charge in [0.25, 0.3) is 0 Å². The Labute approximate surface area is 269 Å². The van der Waals surface area contributed by atoms with Crippen LogP contribution in [0.25, 0.3) is 0 Å². The van der Waals surface area contributed by atoms with Gasteiger partial charge < -0.3 is 30.5 Å². The Morgan fingerprint density at radius 3 is 2.11 bits per heavy atom.